The number of alkyl halides is 1. The van der Waals surface area contributed by atoms with Crippen molar-refractivity contribution in [2.75, 3.05) is 30.3 Å². The Labute approximate surface area is 263 Å². The lowest BCUT2D eigenvalue weighted by Crippen LogP contribution is -2.42. The van der Waals surface area contributed by atoms with E-state index in [0.29, 0.717) is 51.6 Å². The molecule has 12 heteroatoms. The Hall–Kier alpha value is -4.30. The van der Waals surface area contributed by atoms with Crippen LogP contribution in [0.2, 0.25) is 10.0 Å². The maximum absolute atomic E-state index is 15.1. The minimum atomic E-state index is -1.05. The average molecular weight is 634 g/mol. The fourth-order valence-electron chi connectivity index (χ4n) is 5.55. The lowest BCUT2D eigenvalue weighted by Gasteiger charge is -2.33. The van der Waals surface area contributed by atoms with E-state index in [1.165, 1.54) is 24.4 Å². The zero-order valence-electron chi connectivity index (χ0n) is 23.7. The standard InChI is InChI=1S/C32H28Cl2F2N8/c1-2-43-11-10-29(27(36)17-43)44-18-28(41-42-44)31(19-6-4-3-5-7-19)40-22-12-23-30(39-21-8-9-26(35)24(33)13-21)20(15-37)16-38-32(23)25(34)14-22/h3-9,12-14,16,18,27,29,31,40H,2,10-11,17H2,1H3,(H,38,39)/t27-,29-,31?/m1/s1. The Kier molecular flexibility index (Phi) is 8.62. The highest BCUT2D eigenvalue weighted by molar-refractivity contribution is 6.36. The maximum atomic E-state index is 15.1. The van der Waals surface area contributed by atoms with Gasteiger partial charge in [0.1, 0.15) is 23.8 Å². The fourth-order valence-corrected chi connectivity index (χ4v) is 5.99. The van der Waals surface area contributed by atoms with Crippen LogP contribution in [0.15, 0.2) is 73.1 Å². The summed E-state index contributed by atoms with van der Waals surface area (Å²) < 4.78 is 30.6. The van der Waals surface area contributed by atoms with Crippen molar-refractivity contribution in [3.8, 4) is 6.07 Å². The second kappa shape index (κ2) is 12.7. The fraction of sp³-hybridized carbons (Fsp3) is 0.250. The number of piperidine rings is 1. The summed E-state index contributed by atoms with van der Waals surface area (Å²) in [4.78, 5) is 6.52. The highest BCUT2D eigenvalue weighted by atomic mass is 35.5. The number of hydrogen-bond acceptors (Lipinski definition) is 7. The summed E-state index contributed by atoms with van der Waals surface area (Å²) in [5.74, 6) is -0.552. The number of rotatable bonds is 8. The molecular formula is C32H28Cl2F2N8. The monoisotopic (exact) mass is 632 g/mol. The molecule has 5 aromatic rings. The summed E-state index contributed by atoms with van der Waals surface area (Å²) in [7, 11) is 0. The molecule has 1 unspecified atom stereocenters. The van der Waals surface area contributed by atoms with Gasteiger partial charge in [0.25, 0.3) is 0 Å². The number of benzene rings is 3. The largest absolute Gasteiger partial charge is 0.373 e. The van der Waals surface area contributed by atoms with E-state index in [1.54, 1.807) is 16.9 Å². The first-order chi connectivity index (χ1) is 21.3. The zero-order valence-corrected chi connectivity index (χ0v) is 25.2. The van der Waals surface area contributed by atoms with Crippen LogP contribution < -0.4 is 10.6 Å². The van der Waals surface area contributed by atoms with Crippen molar-refractivity contribution in [3.63, 3.8) is 0 Å². The summed E-state index contributed by atoms with van der Waals surface area (Å²) in [6.45, 7) is 4.01. The Morgan fingerprint density at radius 3 is 2.61 bits per heavy atom. The number of halogens is 4. The number of nitriles is 1. The van der Waals surface area contributed by atoms with Gasteiger partial charge in [0.05, 0.1) is 45.1 Å². The van der Waals surface area contributed by atoms with E-state index in [2.05, 4.69) is 36.9 Å². The van der Waals surface area contributed by atoms with E-state index in [9.17, 15) is 9.65 Å². The number of likely N-dealkylation sites (tertiary alicyclic amines) is 1. The quantitative estimate of drug-likeness (QED) is 0.181. The van der Waals surface area contributed by atoms with Gasteiger partial charge in [0.2, 0.25) is 0 Å². The Bertz CT molecular complexity index is 1840. The molecule has 0 aliphatic carbocycles. The van der Waals surface area contributed by atoms with E-state index in [0.717, 1.165) is 18.7 Å². The molecule has 0 spiro atoms. The van der Waals surface area contributed by atoms with Gasteiger partial charge in [-0.15, -0.1) is 5.10 Å². The molecule has 224 valence electrons. The minimum Gasteiger partial charge on any atom is -0.373 e. The highest BCUT2D eigenvalue weighted by Crippen LogP contribution is 2.37. The summed E-state index contributed by atoms with van der Waals surface area (Å²) in [5.41, 5.74) is 3.83. The molecule has 6 rings (SSSR count). The van der Waals surface area contributed by atoms with Gasteiger partial charge in [0, 0.05) is 36.0 Å². The van der Waals surface area contributed by atoms with Gasteiger partial charge in [0.15, 0.2) is 0 Å². The van der Waals surface area contributed by atoms with Gasteiger partial charge < -0.3 is 15.5 Å². The van der Waals surface area contributed by atoms with Crippen LogP contribution >= 0.6 is 23.2 Å². The molecule has 8 nitrogen and oxygen atoms in total. The lowest BCUT2D eigenvalue weighted by molar-refractivity contribution is 0.0865. The van der Waals surface area contributed by atoms with Crippen molar-refractivity contribution in [3.05, 3.63) is 106 Å². The number of aromatic nitrogens is 4. The van der Waals surface area contributed by atoms with E-state index in [4.69, 9.17) is 23.2 Å². The van der Waals surface area contributed by atoms with Crippen molar-refractivity contribution in [1.29, 1.82) is 5.26 Å². The van der Waals surface area contributed by atoms with Crippen molar-refractivity contribution in [1.82, 2.24) is 24.9 Å². The second-order valence-electron chi connectivity index (χ2n) is 10.6. The van der Waals surface area contributed by atoms with Crippen LogP contribution in [0.5, 0.6) is 0 Å². The van der Waals surface area contributed by atoms with Crippen LogP contribution in [0.25, 0.3) is 10.9 Å². The molecular weight excluding hydrogens is 605 g/mol. The normalized spacial score (nSPS) is 17.7. The maximum Gasteiger partial charge on any atom is 0.141 e. The predicted octanol–water partition coefficient (Wildman–Crippen LogP) is 7.69. The van der Waals surface area contributed by atoms with Gasteiger partial charge in [-0.1, -0.05) is 65.7 Å². The highest BCUT2D eigenvalue weighted by Gasteiger charge is 2.31. The van der Waals surface area contributed by atoms with Crippen LogP contribution in [0.3, 0.4) is 0 Å². The summed E-state index contributed by atoms with van der Waals surface area (Å²) in [5, 5.41) is 26.3. The number of nitrogens with one attached hydrogen (secondary N) is 2. The van der Waals surface area contributed by atoms with Crippen LogP contribution in [0, 0.1) is 17.1 Å². The third kappa shape index (κ3) is 6.04. The molecule has 3 aromatic carbocycles. The van der Waals surface area contributed by atoms with Gasteiger partial charge in [-0.2, -0.15) is 5.26 Å². The number of fused-ring (bicyclic) bond motifs is 1. The lowest BCUT2D eigenvalue weighted by atomic mass is 10.0. The van der Waals surface area contributed by atoms with Gasteiger partial charge >= 0.3 is 0 Å². The molecule has 1 fully saturated rings. The second-order valence-corrected chi connectivity index (χ2v) is 11.5. The zero-order chi connectivity index (χ0) is 30.8. The number of anilines is 3. The molecule has 0 bridgehead atoms. The topological polar surface area (TPSA) is 94.7 Å². The molecule has 0 saturated carbocycles. The first kappa shape index (κ1) is 29.8. The van der Waals surface area contributed by atoms with Gasteiger partial charge in [-0.05, 0) is 48.9 Å². The summed E-state index contributed by atoms with van der Waals surface area (Å²) in [6, 6.07) is 18.8. The SMILES string of the molecule is CCN1CC[C@@H](n2cc(C(Nc3cc(Cl)c4ncc(C#N)c(Nc5ccc(F)c(Cl)c5)c4c3)c3ccccc3)nn2)[C@H](F)C1. The number of pyridine rings is 1. The van der Waals surface area contributed by atoms with E-state index in [-0.39, 0.29) is 10.6 Å². The molecule has 1 saturated heterocycles. The van der Waals surface area contributed by atoms with Crippen molar-refractivity contribution in [2.45, 2.75) is 31.6 Å². The van der Waals surface area contributed by atoms with Crippen LogP contribution in [0.4, 0.5) is 25.8 Å². The Morgan fingerprint density at radius 2 is 1.89 bits per heavy atom. The smallest absolute Gasteiger partial charge is 0.141 e. The van der Waals surface area contributed by atoms with Crippen LogP contribution in [-0.4, -0.2) is 50.7 Å². The summed E-state index contributed by atoms with van der Waals surface area (Å²) >= 11 is 12.7. The molecule has 2 N–H and O–H groups in total. The average Bonchev–Trinajstić information content (AvgIpc) is 3.52. The van der Waals surface area contributed by atoms with Crippen molar-refractivity contribution < 1.29 is 8.78 Å². The van der Waals surface area contributed by atoms with Crippen molar-refractivity contribution >= 4 is 51.2 Å². The number of hydrogen-bond donors (Lipinski definition) is 2. The van der Waals surface area contributed by atoms with E-state index >= 15 is 4.39 Å². The third-order valence-electron chi connectivity index (χ3n) is 7.88. The summed E-state index contributed by atoms with van der Waals surface area (Å²) in [6.07, 6.45) is 2.82. The molecule has 3 atom stereocenters. The Morgan fingerprint density at radius 1 is 1.09 bits per heavy atom. The van der Waals surface area contributed by atoms with E-state index in [1.807, 2.05) is 43.3 Å². The molecule has 44 heavy (non-hydrogen) atoms. The Balaban J connectivity index is 1.38. The van der Waals surface area contributed by atoms with Gasteiger partial charge in [-0.25, -0.2) is 13.5 Å². The first-order valence-electron chi connectivity index (χ1n) is 14.2. The first-order valence-corrected chi connectivity index (χ1v) is 14.9. The van der Waals surface area contributed by atoms with Crippen molar-refractivity contribution in [2.24, 2.45) is 0 Å². The molecule has 1 aliphatic rings. The third-order valence-corrected chi connectivity index (χ3v) is 8.46. The molecule has 0 radical (unpaired) electrons. The molecule has 2 aromatic heterocycles. The number of nitrogens with zero attached hydrogens (tertiary/aromatic N) is 6. The van der Waals surface area contributed by atoms with E-state index < -0.39 is 24.1 Å². The van der Waals surface area contributed by atoms with Crippen LogP contribution in [0.1, 0.15) is 42.2 Å². The van der Waals surface area contributed by atoms with Crippen LogP contribution in [-0.2, 0) is 0 Å². The molecule has 0 amide bonds. The van der Waals surface area contributed by atoms with Gasteiger partial charge in [-0.3, -0.25) is 4.98 Å². The predicted molar refractivity (Wildman–Crippen MR) is 169 cm³/mol. The molecule has 3 heterocycles. The molecule has 1 aliphatic heterocycles. The minimum absolute atomic E-state index is 0.0546.